The Balaban J connectivity index is 1.45. The molecule has 11 N–H and O–H groups in total. The number of carboxylic acid groups (broad SMARTS) is 1. The van der Waals surface area contributed by atoms with E-state index in [0.717, 1.165) is 5.56 Å². The summed E-state index contributed by atoms with van der Waals surface area (Å²) in [6, 6.07) is 8.85. The lowest BCUT2D eigenvalue weighted by Gasteiger charge is -2.47. The van der Waals surface area contributed by atoms with Crippen molar-refractivity contribution in [2.45, 2.75) is 112 Å². The van der Waals surface area contributed by atoms with E-state index in [2.05, 4.69) is 0 Å². The molecular weight excluding hydrogens is 636 g/mol. The predicted molar refractivity (Wildman–Crippen MR) is 151 cm³/mol. The molecule has 0 amide bonds. The van der Waals surface area contributed by atoms with Crippen LogP contribution in [0.25, 0.3) is 0 Å². The van der Waals surface area contributed by atoms with Crippen LogP contribution in [-0.2, 0) is 39.8 Å². The molecule has 3 aliphatic rings. The second-order valence-electron chi connectivity index (χ2n) is 11.9. The van der Waals surface area contributed by atoms with E-state index >= 15 is 0 Å². The van der Waals surface area contributed by atoms with E-state index in [1.807, 2.05) is 0 Å². The topological polar surface area (TPSA) is 295 Å². The molecule has 18 nitrogen and oxygen atoms in total. The standard InChI is InChI=1S/C29H44O18/c1-12-14(32)7-29(28(40)41,47-24(12)18(34)15(33)8-30)43-11-17-19(35)20(36)22(38)27(45-17)46-25-16(9-31)44-26(23(39)21(25)37)42-10-13-5-3-2-4-6-13/h2-6,12,14-27,30-39H,7-11H2,1H3,(H,40,41)/t12-,14-,15-,16?,17?,18-,19+,20+,21-,22?,23?,24?,25-,26-,27+,29-/m1/s1. The van der Waals surface area contributed by atoms with Crippen molar-refractivity contribution in [3.8, 4) is 0 Å². The van der Waals surface area contributed by atoms with Gasteiger partial charge >= 0.3 is 5.97 Å². The summed E-state index contributed by atoms with van der Waals surface area (Å²) in [6.07, 6.45) is -24.3. The molecule has 0 radical (unpaired) electrons. The normalized spacial score (nSPS) is 42.5. The van der Waals surface area contributed by atoms with Gasteiger partial charge in [0, 0.05) is 12.3 Å². The molecule has 268 valence electrons. The Labute approximate surface area is 268 Å². The summed E-state index contributed by atoms with van der Waals surface area (Å²) < 4.78 is 33.4. The number of rotatable bonds is 13. The van der Waals surface area contributed by atoms with Gasteiger partial charge in [0.25, 0.3) is 5.79 Å². The van der Waals surface area contributed by atoms with Crippen LogP contribution in [0.5, 0.6) is 0 Å². The molecule has 0 saturated carbocycles. The lowest BCUT2D eigenvalue weighted by Crippen LogP contribution is -2.65. The summed E-state index contributed by atoms with van der Waals surface area (Å²) in [5, 5.41) is 114. The highest BCUT2D eigenvalue weighted by Gasteiger charge is 2.56. The summed E-state index contributed by atoms with van der Waals surface area (Å²) >= 11 is 0. The highest BCUT2D eigenvalue weighted by Crippen LogP contribution is 2.37. The van der Waals surface area contributed by atoms with Crippen LogP contribution in [0.15, 0.2) is 30.3 Å². The molecule has 1 aromatic rings. The van der Waals surface area contributed by atoms with Gasteiger partial charge in [-0.1, -0.05) is 37.3 Å². The van der Waals surface area contributed by atoms with E-state index in [9.17, 15) is 61.0 Å². The molecule has 0 aromatic heterocycles. The molecule has 3 aliphatic heterocycles. The van der Waals surface area contributed by atoms with E-state index in [1.54, 1.807) is 30.3 Å². The fourth-order valence-corrected chi connectivity index (χ4v) is 5.70. The number of ether oxygens (including phenoxy) is 6. The Hall–Kier alpha value is -1.95. The molecule has 16 atom stereocenters. The molecule has 4 rings (SSSR count). The smallest absolute Gasteiger partial charge is 0.364 e. The second-order valence-corrected chi connectivity index (χ2v) is 11.9. The van der Waals surface area contributed by atoms with Crippen LogP contribution in [-0.4, -0.2) is 174 Å². The summed E-state index contributed by atoms with van der Waals surface area (Å²) in [5.74, 6) is -5.35. The number of aliphatic hydroxyl groups is 10. The molecule has 18 heteroatoms. The first-order valence-corrected chi connectivity index (χ1v) is 15.1. The van der Waals surface area contributed by atoms with Gasteiger partial charge in [0.15, 0.2) is 12.6 Å². The van der Waals surface area contributed by atoms with Gasteiger partial charge in [0.05, 0.1) is 38.6 Å². The van der Waals surface area contributed by atoms with Gasteiger partial charge in [-0.2, -0.15) is 0 Å². The van der Waals surface area contributed by atoms with Gasteiger partial charge in [0.1, 0.15) is 61.0 Å². The molecule has 3 fully saturated rings. The van der Waals surface area contributed by atoms with Crippen molar-refractivity contribution in [1.29, 1.82) is 0 Å². The van der Waals surface area contributed by atoms with E-state index < -0.39 is 130 Å². The summed E-state index contributed by atoms with van der Waals surface area (Å²) in [6.45, 7) is -1.11. The number of hydrogen-bond donors (Lipinski definition) is 11. The maximum atomic E-state index is 12.4. The quantitative estimate of drug-likeness (QED) is 0.0931. The van der Waals surface area contributed by atoms with E-state index in [0.29, 0.717) is 0 Å². The molecule has 0 spiro atoms. The molecule has 1 aromatic carbocycles. The molecule has 0 bridgehead atoms. The number of benzene rings is 1. The molecule has 3 heterocycles. The van der Waals surface area contributed by atoms with Gasteiger partial charge in [-0.15, -0.1) is 0 Å². The van der Waals surface area contributed by atoms with Crippen LogP contribution in [0.3, 0.4) is 0 Å². The Morgan fingerprint density at radius 1 is 0.915 bits per heavy atom. The Kier molecular flexibility index (Phi) is 13.0. The number of carboxylic acids is 1. The minimum Gasteiger partial charge on any atom is -0.477 e. The van der Waals surface area contributed by atoms with Gasteiger partial charge in [0.2, 0.25) is 0 Å². The first-order chi connectivity index (χ1) is 22.2. The third-order valence-electron chi connectivity index (χ3n) is 8.69. The fourth-order valence-electron chi connectivity index (χ4n) is 5.70. The van der Waals surface area contributed by atoms with Crippen LogP contribution in [0.2, 0.25) is 0 Å². The van der Waals surface area contributed by atoms with E-state index in [4.69, 9.17) is 28.4 Å². The van der Waals surface area contributed by atoms with Crippen LogP contribution < -0.4 is 0 Å². The SMILES string of the molecule is C[C@H]1C([C@H](O)[C@H](O)CO)O[C@@](OCC2O[C@@H](O[C@@H]3C(CO)O[C@@H](OCc4ccccc4)C(O)[C@H]3O)C(O)[C@@H](O)[C@H]2O)(C(=O)O)C[C@H]1O. The monoisotopic (exact) mass is 680 g/mol. The number of aliphatic hydroxyl groups excluding tert-OH is 10. The largest absolute Gasteiger partial charge is 0.477 e. The summed E-state index contributed by atoms with van der Waals surface area (Å²) in [4.78, 5) is 12.4. The average Bonchev–Trinajstić information content (AvgIpc) is 3.07. The van der Waals surface area contributed by atoms with Crippen LogP contribution in [0.1, 0.15) is 18.9 Å². The molecular formula is C29H44O18. The minimum atomic E-state index is -2.67. The van der Waals surface area contributed by atoms with Gasteiger partial charge in [-0.3, -0.25) is 0 Å². The zero-order valence-corrected chi connectivity index (χ0v) is 25.4. The van der Waals surface area contributed by atoms with Crippen LogP contribution in [0.4, 0.5) is 0 Å². The maximum Gasteiger partial charge on any atom is 0.364 e. The van der Waals surface area contributed by atoms with E-state index in [-0.39, 0.29) is 6.61 Å². The van der Waals surface area contributed by atoms with Crippen LogP contribution in [0, 0.1) is 5.92 Å². The van der Waals surface area contributed by atoms with Crippen molar-refractivity contribution < 1.29 is 89.4 Å². The zero-order valence-electron chi connectivity index (χ0n) is 25.4. The second kappa shape index (κ2) is 16.2. The first kappa shape index (κ1) is 37.9. The molecule has 5 unspecified atom stereocenters. The third kappa shape index (κ3) is 8.27. The predicted octanol–water partition coefficient (Wildman–Crippen LogP) is -4.87. The van der Waals surface area contributed by atoms with Crippen molar-refractivity contribution in [3.63, 3.8) is 0 Å². The molecule has 0 aliphatic carbocycles. The van der Waals surface area contributed by atoms with Gasteiger partial charge in [-0.25, -0.2) is 4.79 Å². The van der Waals surface area contributed by atoms with Crippen molar-refractivity contribution in [1.82, 2.24) is 0 Å². The third-order valence-corrected chi connectivity index (χ3v) is 8.69. The molecule has 3 saturated heterocycles. The van der Waals surface area contributed by atoms with Crippen molar-refractivity contribution in [3.05, 3.63) is 35.9 Å². The van der Waals surface area contributed by atoms with Gasteiger partial charge < -0.3 is 84.6 Å². The van der Waals surface area contributed by atoms with Crippen molar-refractivity contribution in [2.75, 3.05) is 19.8 Å². The van der Waals surface area contributed by atoms with Crippen molar-refractivity contribution in [2.24, 2.45) is 5.92 Å². The highest BCUT2D eigenvalue weighted by atomic mass is 16.8. The zero-order chi connectivity index (χ0) is 34.6. The number of aliphatic carboxylic acids is 1. The maximum absolute atomic E-state index is 12.4. The first-order valence-electron chi connectivity index (χ1n) is 15.1. The number of carbonyl (C=O) groups is 1. The average molecular weight is 681 g/mol. The Bertz CT molecular complexity index is 1130. The van der Waals surface area contributed by atoms with Crippen LogP contribution >= 0.6 is 0 Å². The number of hydrogen-bond acceptors (Lipinski definition) is 17. The Morgan fingerprint density at radius 2 is 1.55 bits per heavy atom. The highest BCUT2D eigenvalue weighted by molar-refractivity contribution is 5.76. The Morgan fingerprint density at radius 3 is 2.17 bits per heavy atom. The van der Waals surface area contributed by atoms with E-state index in [1.165, 1.54) is 6.92 Å². The minimum absolute atomic E-state index is 0.00557. The summed E-state index contributed by atoms with van der Waals surface area (Å²) in [5.41, 5.74) is 0.734. The molecule has 47 heavy (non-hydrogen) atoms. The lowest BCUT2D eigenvalue weighted by atomic mass is 9.84. The fraction of sp³-hybridized carbons (Fsp3) is 0.759. The summed E-state index contributed by atoms with van der Waals surface area (Å²) in [7, 11) is 0. The van der Waals surface area contributed by atoms with Gasteiger partial charge in [-0.05, 0) is 5.56 Å². The van der Waals surface area contributed by atoms with Crippen molar-refractivity contribution >= 4 is 5.97 Å². The lowest BCUT2D eigenvalue weighted by molar-refractivity contribution is -0.368.